The zero-order chi connectivity index (χ0) is 8.85. The third-order valence-corrected chi connectivity index (χ3v) is 1.79. The Morgan fingerprint density at radius 3 is 2.27 bits per heavy atom. The Morgan fingerprint density at radius 2 is 1.91 bits per heavy atom. The van der Waals surface area contributed by atoms with Crippen LogP contribution < -0.4 is 5.32 Å². The minimum atomic E-state index is 0.530. The van der Waals surface area contributed by atoms with Gasteiger partial charge in [0.1, 0.15) is 0 Å². The molecule has 0 spiro atoms. The first-order valence-electron chi connectivity index (χ1n) is 4.49. The van der Waals surface area contributed by atoms with Gasteiger partial charge in [-0.05, 0) is 26.3 Å². The summed E-state index contributed by atoms with van der Waals surface area (Å²) in [4.78, 5) is 0. The van der Waals surface area contributed by atoms with Crippen LogP contribution in [0.2, 0.25) is 0 Å². The molecule has 11 heavy (non-hydrogen) atoms. The molecule has 1 heteroatoms. The van der Waals surface area contributed by atoms with Gasteiger partial charge in [-0.3, -0.25) is 0 Å². The molecule has 0 heterocycles. The van der Waals surface area contributed by atoms with Gasteiger partial charge in [-0.15, -0.1) is 0 Å². The number of likely N-dealkylation sites (N-methyl/N-ethyl adjacent to an activating group) is 1. The fourth-order valence-electron chi connectivity index (χ4n) is 1.14. The number of allylic oxidation sites excluding steroid dienone is 1. The molecule has 0 aromatic rings. The first-order valence-corrected chi connectivity index (χ1v) is 4.49. The minimum Gasteiger partial charge on any atom is -0.311 e. The van der Waals surface area contributed by atoms with Crippen LogP contribution in [0.3, 0.4) is 0 Å². The molecule has 1 unspecified atom stereocenters. The Morgan fingerprint density at radius 1 is 1.36 bits per heavy atom. The van der Waals surface area contributed by atoms with Crippen LogP contribution in [0.4, 0.5) is 0 Å². The second kappa shape index (κ2) is 5.36. The molecule has 0 saturated carbocycles. The summed E-state index contributed by atoms with van der Waals surface area (Å²) >= 11 is 0. The molecule has 0 rings (SSSR count). The molecule has 0 aromatic heterocycles. The van der Waals surface area contributed by atoms with Crippen LogP contribution in [0, 0.1) is 5.92 Å². The predicted octanol–water partition coefficient (Wildman–Crippen LogP) is 2.59. The van der Waals surface area contributed by atoms with E-state index in [4.69, 9.17) is 0 Å². The molecule has 1 atom stereocenters. The van der Waals surface area contributed by atoms with E-state index in [-0.39, 0.29) is 0 Å². The summed E-state index contributed by atoms with van der Waals surface area (Å²) in [6.45, 7) is 12.0. The van der Waals surface area contributed by atoms with E-state index in [0.29, 0.717) is 12.0 Å². The molecule has 0 bridgehead atoms. The zero-order valence-electron chi connectivity index (χ0n) is 8.44. The molecule has 66 valence electrons. The van der Waals surface area contributed by atoms with Crippen molar-refractivity contribution < 1.29 is 0 Å². The molecule has 1 N–H and O–H groups in total. The van der Waals surface area contributed by atoms with Gasteiger partial charge >= 0.3 is 0 Å². The maximum absolute atomic E-state index is 3.38. The van der Waals surface area contributed by atoms with Crippen molar-refractivity contribution in [3.63, 3.8) is 0 Å². The van der Waals surface area contributed by atoms with Crippen molar-refractivity contribution in [3.05, 3.63) is 11.6 Å². The number of hydrogen-bond acceptors (Lipinski definition) is 1. The molecule has 0 aliphatic heterocycles. The zero-order valence-corrected chi connectivity index (χ0v) is 8.44. The molecule has 0 radical (unpaired) electrons. The van der Waals surface area contributed by atoms with Gasteiger partial charge in [-0.25, -0.2) is 0 Å². The van der Waals surface area contributed by atoms with Crippen LogP contribution >= 0.6 is 0 Å². The Labute approximate surface area is 70.9 Å². The van der Waals surface area contributed by atoms with E-state index in [9.17, 15) is 0 Å². The highest BCUT2D eigenvalue weighted by molar-refractivity contribution is 5.06. The first kappa shape index (κ1) is 10.7. The quantitative estimate of drug-likeness (QED) is 0.615. The highest BCUT2D eigenvalue weighted by Gasteiger charge is 2.01. The second-order valence-electron chi connectivity index (χ2n) is 3.43. The van der Waals surface area contributed by atoms with E-state index < -0.39 is 0 Å². The molecule has 0 fully saturated rings. The molecular weight excluding hydrogens is 134 g/mol. The molecule has 0 aliphatic rings. The lowest BCUT2D eigenvalue weighted by atomic mass is 10.1. The Hall–Kier alpha value is -0.300. The van der Waals surface area contributed by atoms with E-state index in [1.165, 1.54) is 5.57 Å². The fraction of sp³-hybridized carbons (Fsp3) is 0.800. The van der Waals surface area contributed by atoms with Crippen LogP contribution in [0.25, 0.3) is 0 Å². The van der Waals surface area contributed by atoms with Gasteiger partial charge in [0, 0.05) is 6.04 Å². The summed E-state index contributed by atoms with van der Waals surface area (Å²) in [5, 5.41) is 3.38. The Kier molecular flexibility index (Phi) is 5.22. The summed E-state index contributed by atoms with van der Waals surface area (Å²) in [7, 11) is 0. The molecular formula is C10H21N. The molecule has 0 aromatic carbocycles. The summed E-state index contributed by atoms with van der Waals surface area (Å²) in [6.07, 6.45) is 2.31. The third kappa shape index (κ3) is 5.02. The van der Waals surface area contributed by atoms with Crippen LogP contribution in [-0.2, 0) is 0 Å². The third-order valence-electron chi connectivity index (χ3n) is 1.79. The number of rotatable bonds is 4. The molecule has 0 amide bonds. The van der Waals surface area contributed by atoms with Gasteiger partial charge in [-0.2, -0.15) is 0 Å². The Balaban J connectivity index is 3.89. The van der Waals surface area contributed by atoms with Crippen LogP contribution in [-0.4, -0.2) is 12.6 Å². The van der Waals surface area contributed by atoms with Gasteiger partial charge in [0.2, 0.25) is 0 Å². The van der Waals surface area contributed by atoms with Gasteiger partial charge in [0.15, 0.2) is 0 Å². The first-order chi connectivity index (χ1) is 5.07. The van der Waals surface area contributed by atoms with E-state index in [1.54, 1.807) is 0 Å². The van der Waals surface area contributed by atoms with E-state index in [0.717, 1.165) is 6.54 Å². The Bertz CT molecular complexity index is 125. The van der Waals surface area contributed by atoms with Gasteiger partial charge in [0.25, 0.3) is 0 Å². The molecule has 0 aliphatic carbocycles. The lowest BCUT2D eigenvalue weighted by Crippen LogP contribution is -2.26. The smallest absolute Gasteiger partial charge is 0.0248 e. The number of hydrogen-bond donors (Lipinski definition) is 1. The van der Waals surface area contributed by atoms with Crippen molar-refractivity contribution in [3.8, 4) is 0 Å². The SMILES string of the molecule is CCNC(C)C(C)=CC(C)C. The van der Waals surface area contributed by atoms with Gasteiger partial charge in [-0.1, -0.05) is 32.4 Å². The normalized spacial score (nSPS) is 15.6. The topological polar surface area (TPSA) is 12.0 Å². The highest BCUT2D eigenvalue weighted by Crippen LogP contribution is 2.05. The van der Waals surface area contributed by atoms with E-state index in [1.807, 2.05) is 0 Å². The minimum absolute atomic E-state index is 0.530. The largest absolute Gasteiger partial charge is 0.311 e. The van der Waals surface area contributed by atoms with Crippen molar-refractivity contribution in [1.82, 2.24) is 5.32 Å². The van der Waals surface area contributed by atoms with Gasteiger partial charge < -0.3 is 5.32 Å². The molecule has 0 saturated heterocycles. The van der Waals surface area contributed by atoms with Crippen LogP contribution in [0.1, 0.15) is 34.6 Å². The van der Waals surface area contributed by atoms with Crippen molar-refractivity contribution in [2.75, 3.05) is 6.54 Å². The molecule has 1 nitrogen and oxygen atoms in total. The average Bonchev–Trinajstić information content (AvgIpc) is 1.86. The van der Waals surface area contributed by atoms with E-state index in [2.05, 4.69) is 46.0 Å². The lowest BCUT2D eigenvalue weighted by molar-refractivity contribution is 0.625. The monoisotopic (exact) mass is 155 g/mol. The number of nitrogens with one attached hydrogen (secondary N) is 1. The van der Waals surface area contributed by atoms with Crippen molar-refractivity contribution in [2.24, 2.45) is 5.92 Å². The van der Waals surface area contributed by atoms with Crippen LogP contribution in [0.15, 0.2) is 11.6 Å². The second-order valence-corrected chi connectivity index (χ2v) is 3.43. The summed E-state index contributed by atoms with van der Waals surface area (Å²) in [6, 6.07) is 0.530. The van der Waals surface area contributed by atoms with Gasteiger partial charge in [0.05, 0.1) is 0 Å². The highest BCUT2D eigenvalue weighted by atomic mass is 14.9. The summed E-state index contributed by atoms with van der Waals surface area (Å²) in [5.74, 6) is 0.663. The maximum Gasteiger partial charge on any atom is 0.0248 e. The van der Waals surface area contributed by atoms with Crippen LogP contribution in [0.5, 0.6) is 0 Å². The predicted molar refractivity (Wildman–Crippen MR) is 51.7 cm³/mol. The van der Waals surface area contributed by atoms with E-state index >= 15 is 0 Å². The standard InChI is InChI=1S/C10H21N/c1-6-11-10(5)9(4)7-8(2)3/h7-8,10-11H,6H2,1-5H3. The maximum atomic E-state index is 3.38. The average molecular weight is 155 g/mol. The fourth-order valence-corrected chi connectivity index (χ4v) is 1.14. The summed E-state index contributed by atoms with van der Waals surface area (Å²) < 4.78 is 0. The van der Waals surface area contributed by atoms with Crippen molar-refractivity contribution in [2.45, 2.75) is 40.7 Å². The van der Waals surface area contributed by atoms with Crippen molar-refractivity contribution in [1.29, 1.82) is 0 Å². The summed E-state index contributed by atoms with van der Waals surface area (Å²) in [5.41, 5.74) is 1.45. The lowest BCUT2D eigenvalue weighted by Gasteiger charge is -2.13. The van der Waals surface area contributed by atoms with Crippen molar-refractivity contribution >= 4 is 0 Å².